The van der Waals surface area contributed by atoms with Crippen molar-refractivity contribution in [1.82, 2.24) is 15.2 Å². The summed E-state index contributed by atoms with van der Waals surface area (Å²) in [5.41, 5.74) is 3.10. The Hall–Kier alpha value is -3.81. The number of pyridine rings is 1. The molecule has 1 aliphatic heterocycles. The Morgan fingerprint density at radius 2 is 1.75 bits per heavy atom. The van der Waals surface area contributed by atoms with E-state index in [1.807, 2.05) is 48.5 Å². The van der Waals surface area contributed by atoms with Gasteiger partial charge in [-0.2, -0.15) is 0 Å². The number of nitrogens with zero attached hydrogens (tertiary/aromatic N) is 2. The minimum atomic E-state index is -0.378. The summed E-state index contributed by atoms with van der Waals surface area (Å²) in [6, 6.07) is 24.2. The average Bonchev–Trinajstić information content (AvgIpc) is 3.31. The van der Waals surface area contributed by atoms with Crippen LogP contribution in [0.5, 0.6) is 0 Å². The van der Waals surface area contributed by atoms with Crippen molar-refractivity contribution in [3.8, 4) is 11.3 Å². The number of amides is 2. The van der Waals surface area contributed by atoms with Crippen LogP contribution in [0.1, 0.15) is 11.5 Å². The molecular formula is C29H29FN4O2. The van der Waals surface area contributed by atoms with Crippen LogP contribution in [-0.2, 0) is 4.74 Å². The molecule has 0 spiro atoms. The molecule has 1 aliphatic rings. The fraction of sp³-hybridized carbons (Fsp3) is 0.241. The minimum Gasteiger partial charge on any atom is -0.383 e. The molecule has 2 amide bonds. The first-order chi connectivity index (χ1) is 17.6. The molecule has 6 nitrogen and oxygen atoms in total. The molecule has 0 saturated carbocycles. The number of halogens is 1. The molecule has 1 saturated heterocycles. The summed E-state index contributed by atoms with van der Waals surface area (Å²) in [6.45, 7) is 2.97. The first-order valence-corrected chi connectivity index (χ1v) is 12.1. The van der Waals surface area contributed by atoms with Gasteiger partial charge in [0, 0.05) is 55.2 Å². The van der Waals surface area contributed by atoms with E-state index in [9.17, 15) is 9.18 Å². The third-order valence-corrected chi connectivity index (χ3v) is 6.72. The Morgan fingerprint density at radius 3 is 2.50 bits per heavy atom. The number of carbonyl (C=O) groups is 1. The normalized spacial score (nSPS) is 17.8. The van der Waals surface area contributed by atoms with E-state index in [4.69, 9.17) is 4.74 Å². The maximum atomic E-state index is 14.6. The highest BCUT2D eigenvalue weighted by atomic mass is 19.1. The van der Waals surface area contributed by atoms with Gasteiger partial charge in [0.05, 0.1) is 24.0 Å². The SMILES string of the molecule is COCCN1C[C@@H](NC(=O)Nc2c(-c3ccccc3)ncc3c(F)cccc23)[C@H](c2ccccc2)C1. The molecule has 7 heteroatoms. The van der Waals surface area contributed by atoms with Gasteiger partial charge < -0.3 is 15.4 Å². The smallest absolute Gasteiger partial charge is 0.319 e. The molecule has 1 fully saturated rings. The summed E-state index contributed by atoms with van der Waals surface area (Å²) in [6.07, 6.45) is 1.52. The van der Waals surface area contributed by atoms with Crippen molar-refractivity contribution in [3.63, 3.8) is 0 Å². The number of methoxy groups -OCH3 is 1. The Bertz CT molecular complexity index is 1330. The topological polar surface area (TPSA) is 66.5 Å². The van der Waals surface area contributed by atoms with Crippen molar-refractivity contribution in [2.45, 2.75) is 12.0 Å². The van der Waals surface area contributed by atoms with E-state index in [0.717, 1.165) is 18.7 Å². The van der Waals surface area contributed by atoms with Gasteiger partial charge in [0.2, 0.25) is 0 Å². The molecule has 0 bridgehead atoms. The fourth-order valence-electron chi connectivity index (χ4n) is 4.94. The standard InChI is InChI=1S/C29H29FN4O2/c1-36-16-15-34-18-24(20-9-4-2-5-10-20)26(19-34)32-29(35)33-28-22-13-8-14-25(30)23(22)17-31-27(28)21-11-6-3-7-12-21/h2-14,17,24,26H,15-16,18-19H2,1H3,(H2,32,33,35)/t24-,26+/m0/s1. The number of carbonyl (C=O) groups excluding carboxylic acids is 1. The monoisotopic (exact) mass is 484 g/mol. The molecule has 4 aromatic rings. The number of fused-ring (bicyclic) bond motifs is 1. The highest BCUT2D eigenvalue weighted by molar-refractivity contribution is 6.06. The van der Waals surface area contributed by atoms with Gasteiger partial charge in [-0.05, 0) is 11.6 Å². The first-order valence-electron chi connectivity index (χ1n) is 12.1. The third-order valence-electron chi connectivity index (χ3n) is 6.72. The molecule has 3 aromatic carbocycles. The van der Waals surface area contributed by atoms with E-state index in [2.05, 4.69) is 32.7 Å². The number of rotatable bonds is 7. The van der Waals surface area contributed by atoms with Crippen LogP contribution in [0.25, 0.3) is 22.0 Å². The van der Waals surface area contributed by atoms with Crippen LogP contribution >= 0.6 is 0 Å². The molecule has 0 aliphatic carbocycles. The lowest BCUT2D eigenvalue weighted by Gasteiger charge is -2.21. The maximum Gasteiger partial charge on any atom is 0.319 e. The van der Waals surface area contributed by atoms with Crippen molar-refractivity contribution >= 4 is 22.5 Å². The zero-order valence-corrected chi connectivity index (χ0v) is 20.2. The van der Waals surface area contributed by atoms with Crippen LogP contribution in [0.15, 0.2) is 85.1 Å². The van der Waals surface area contributed by atoms with Gasteiger partial charge in [0.1, 0.15) is 5.82 Å². The van der Waals surface area contributed by atoms with Gasteiger partial charge in [-0.1, -0.05) is 72.8 Å². The molecule has 0 radical (unpaired) electrons. The fourth-order valence-corrected chi connectivity index (χ4v) is 4.94. The van der Waals surface area contributed by atoms with E-state index < -0.39 is 0 Å². The van der Waals surface area contributed by atoms with Gasteiger partial charge in [-0.25, -0.2) is 9.18 Å². The van der Waals surface area contributed by atoms with E-state index in [1.165, 1.54) is 17.8 Å². The number of anilines is 1. The zero-order valence-electron chi connectivity index (χ0n) is 20.2. The Kier molecular flexibility index (Phi) is 7.21. The van der Waals surface area contributed by atoms with E-state index in [0.29, 0.717) is 35.3 Å². The summed E-state index contributed by atoms with van der Waals surface area (Å²) in [7, 11) is 1.69. The number of likely N-dealkylation sites (tertiary alicyclic amines) is 1. The van der Waals surface area contributed by atoms with Crippen LogP contribution < -0.4 is 10.6 Å². The highest BCUT2D eigenvalue weighted by Gasteiger charge is 2.34. The lowest BCUT2D eigenvalue weighted by atomic mass is 9.94. The molecule has 2 heterocycles. The van der Waals surface area contributed by atoms with Crippen LogP contribution in [0.4, 0.5) is 14.9 Å². The van der Waals surface area contributed by atoms with Gasteiger partial charge in [0.15, 0.2) is 0 Å². The van der Waals surface area contributed by atoms with Crippen molar-refractivity contribution in [2.24, 2.45) is 0 Å². The molecule has 2 N–H and O–H groups in total. The average molecular weight is 485 g/mol. The van der Waals surface area contributed by atoms with Crippen molar-refractivity contribution in [2.75, 3.05) is 38.7 Å². The molecule has 0 unspecified atom stereocenters. The van der Waals surface area contributed by atoms with Gasteiger partial charge in [0.25, 0.3) is 0 Å². The van der Waals surface area contributed by atoms with Gasteiger partial charge >= 0.3 is 6.03 Å². The number of urea groups is 1. The lowest BCUT2D eigenvalue weighted by Crippen LogP contribution is -2.42. The number of hydrogen-bond donors (Lipinski definition) is 2. The molecule has 36 heavy (non-hydrogen) atoms. The molecular weight excluding hydrogens is 455 g/mol. The molecule has 1 aromatic heterocycles. The number of aromatic nitrogens is 1. The third kappa shape index (κ3) is 5.08. The summed E-state index contributed by atoms with van der Waals surface area (Å²) in [5.74, 6) is -0.234. The van der Waals surface area contributed by atoms with Crippen LogP contribution in [0.3, 0.4) is 0 Å². The Morgan fingerprint density at radius 1 is 1.00 bits per heavy atom. The Balaban J connectivity index is 1.44. The molecule has 184 valence electrons. The quantitative estimate of drug-likeness (QED) is 0.375. The predicted octanol–water partition coefficient (Wildman–Crippen LogP) is 5.28. The summed E-state index contributed by atoms with van der Waals surface area (Å²) >= 11 is 0. The molecule has 5 rings (SSSR count). The van der Waals surface area contributed by atoms with Gasteiger partial charge in [-0.15, -0.1) is 0 Å². The Labute approximate surface area is 210 Å². The van der Waals surface area contributed by atoms with Gasteiger partial charge in [-0.3, -0.25) is 9.88 Å². The van der Waals surface area contributed by atoms with Crippen LogP contribution in [-0.4, -0.2) is 55.3 Å². The zero-order chi connectivity index (χ0) is 24.9. The predicted molar refractivity (Wildman–Crippen MR) is 141 cm³/mol. The van der Waals surface area contributed by atoms with E-state index >= 15 is 0 Å². The van der Waals surface area contributed by atoms with E-state index in [-0.39, 0.29) is 23.8 Å². The summed E-state index contributed by atoms with van der Waals surface area (Å²) in [5, 5.41) is 7.17. The first kappa shape index (κ1) is 23.9. The van der Waals surface area contributed by atoms with Crippen molar-refractivity contribution < 1.29 is 13.9 Å². The highest BCUT2D eigenvalue weighted by Crippen LogP contribution is 2.34. The second-order valence-corrected chi connectivity index (χ2v) is 9.02. The van der Waals surface area contributed by atoms with Crippen molar-refractivity contribution in [1.29, 1.82) is 0 Å². The molecule has 2 atom stereocenters. The number of ether oxygens (including phenoxy) is 1. The second kappa shape index (κ2) is 10.8. The second-order valence-electron chi connectivity index (χ2n) is 9.02. The lowest BCUT2D eigenvalue weighted by molar-refractivity contribution is 0.159. The van der Waals surface area contributed by atoms with E-state index in [1.54, 1.807) is 19.2 Å². The summed E-state index contributed by atoms with van der Waals surface area (Å²) in [4.78, 5) is 20.2. The van der Waals surface area contributed by atoms with Crippen LogP contribution in [0.2, 0.25) is 0 Å². The number of hydrogen-bond acceptors (Lipinski definition) is 4. The maximum absolute atomic E-state index is 14.6. The van der Waals surface area contributed by atoms with Crippen molar-refractivity contribution in [3.05, 3.63) is 96.4 Å². The summed E-state index contributed by atoms with van der Waals surface area (Å²) < 4.78 is 19.8. The largest absolute Gasteiger partial charge is 0.383 e. The van der Waals surface area contributed by atoms with Crippen LogP contribution in [0, 0.1) is 5.82 Å². The number of benzene rings is 3. The number of nitrogens with one attached hydrogen (secondary N) is 2. The minimum absolute atomic E-state index is 0.0934.